The van der Waals surface area contributed by atoms with Crippen LogP contribution in [0, 0.1) is 0 Å². The lowest BCUT2D eigenvalue weighted by atomic mass is 10.1. The van der Waals surface area contributed by atoms with E-state index in [2.05, 4.69) is 5.32 Å². The Kier molecular flexibility index (Phi) is 5.03. The van der Waals surface area contributed by atoms with E-state index in [9.17, 15) is 4.79 Å². The van der Waals surface area contributed by atoms with E-state index in [0.717, 1.165) is 17.1 Å². The number of aryl methyl sites for hydroxylation is 1. The summed E-state index contributed by atoms with van der Waals surface area (Å²) < 4.78 is 15.8. The van der Waals surface area contributed by atoms with Gasteiger partial charge < -0.3 is 19.5 Å². The van der Waals surface area contributed by atoms with E-state index >= 15 is 0 Å². The van der Waals surface area contributed by atoms with Crippen LogP contribution in [0.5, 0.6) is 11.5 Å². The number of fused-ring (bicyclic) bond motifs is 1. The van der Waals surface area contributed by atoms with Crippen molar-refractivity contribution >= 4 is 5.91 Å². The fraction of sp³-hybridized carbons (Fsp3) is 0.500. The molecule has 0 spiro atoms. The summed E-state index contributed by atoms with van der Waals surface area (Å²) in [6.07, 6.45) is 1.15. The molecule has 0 saturated heterocycles. The number of nitrogens with one attached hydrogen (secondary N) is 1. The molecule has 1 aromatic rings. The second-order valence-corrected chi connectivity index (χ2v) is 4.32. The highest BCUT2D eigenvalue weighted by Gasteiger charge is 2.12. The lowest BCUT2D eigenvalue weighted by Gasteiger charge is -2.18. The Morgan fingerprint density at radius 1 is 1.32 bits per heavy atom. The molecule has 19 heavy (non-hydrogen) atoms. The van der Waals surface area contributed by atoms with Crippen LogP contribution in [0.4, 0.5) is 0 Å². The Labute approximate surface area is 112 Å². The maximum atomic E-state index is 11.6. The van der Waals surface area contributed by atoms with Crippen molar-refractivity contribution in [3.05, 3.63) is 23.8 Å². The van der Waals surface area contributed by atoms with Crippen molar-refractivity contribution in [2.75, 3.05) is 33.5 Å². The van der Waals surface area contributed by atoms with E-state index < -0.39 is 0 Å². The molecule has 0 aliphatic carbocycles. The zero-order valence-electron chi connectivity index (χ0n) is 11.1. The lowest BCUT2D eigenvalue weighted by Crippen LogP contribution is -2.27. The minimum atomic E-state index is 0.0342. The van der Waals surface area contributed by atoms with Gasteiger partial charge in [0.25, 0.3) is 0 Å². The molecule has 104 valence electrons. The molecule has 5 heteroatoms. The summed E-state index contributed by atoms with van der Waals surface area (Å²) in [4.78, 5) is 11.6. The first-order valence-electron chi connectivity index (χ1n) is 6.44. The molecular weight excluding hydrogens is 246 g/mol. The second-order valence-electron chi connectivity index (χ2n) is 4.32. The summed E-state index contributed by atoms with van der Waals surface area (Å²) in [5.74, 6) is 1.58. The number of rotatable bonds is 6. The van der Waals surface area contributed by atoms with Crippen LogP contribution in [0.3, 0.4) is 0 Å². The molecular formula is C14H19NO4. The molecule has 1 aromatic carbocycles. The Hall–Kier alpha value is -1.75. The maximum Gasteiger partial charge on any atom is 0.220 e. The molecule has 0 fully saturated rings. The van der Waals surface area contributed by atoms with Crippen LogP contribution >= 0.6 is 0 Å². The molecule has 1 amide bonds. The smallest absolute Gasteiger partial charge is 0.220 e. The van der Waals surface area contributed by atoms with Gasteiger partial charge in [0.15, 0.2) is 11.5 Å². The van der Waals surface area contributed by atoms with Gasteiger partial charge in [-0.2, -0.15) is 0 Å². The Balaban J connectivity index is 1.81. The number of carbonyl (C=O) groups excluding carboxylic acids is 1. The predicted octanol–water partition coefficient (Wildman–Crippen LogP) is 1.15. The SMILES string of the molecule is COCCNC(=O)CCc1ccc2c(c1)OCCO2. The maximum absolute atomic E-state index is 11.6. The third-order valence-electron chi connectivity index (χ3n) is 2.88. The summed E-state index contributed by atoms with van der Waals surface area (Å²) >= 11 is 0. The highest BCUT2D eigenvalue weighted by Crippen LogP contribution is 2.30. The van der Waals surface area contributed by atoms with E-state index in [1.807, 2.05) is 18.2 Å². The van der Waals surface area contributed by atoms with Crippen molar-refractivity contribution in [1.82, 2.24) is 5.32 Å². The zero-order chi connectivity index (χ0) is 13.5. The van der Waals surface area contributed by atoms with Gasteiger partial charge in [0.05, 0.1) is 6.61 Å². The van der Waals surface area contributed by atoms with Gasteiger partial charge in [-0.1, -0.05) is 6.07 Å². The predicted molar refractivity (Wildman–Crippen MR) is 70.6 cm³/mol. The molecule has 1 aliphatic rings. The molecule has 0 bridgehead atoms. The number of carbonyl (C=O) groups is 1. The van der Waals surface area contributed by atoms with Crippen molar-refractivity contribution in [1.29, 1.82) is 0 Å². The first-order valence-corrected chi connectivity index (χ1v) is 6.44. The van der Waals surface area contributed by atoms with E-state index in [1.54, 1.807) is 7.11 Å². The van der Waals surface area contributed by atoms with Crippen molar-refractivity contribution in [3.63, 3.8) is 0 Å². The quantitative estimate of drug-likeness (QED) is 0.784. The van der Waals surface area contributed by atoms with Crippen LogP contribution in [-0.4, -0.2) is 39.4 Å². The van der Waals surface area contributed by atoms with E-state index in [-0.39, 0.29) is 5.91 Å². The number of hydrogen-bond donors (Lipinski definition) is 1. The Morgan fingerprint density at radius 2 is 2.11 bits per heavy atom. The molecule has 1 N–H and O–H groups in total. The number of amides is 1. The first kappa shape index (κ1) is 13.7. The van der Waals surface area contributed by atoms with Gasteiger partial charge in [0, 0.05) is 20.1 Å². The number of hydrogen-bond acceptors (Lipinski definition) is 4. The van der Waals surface area contributed by atoms with Gasteiger partial charge in [0.2, 0.25) is 5.91 Å². The Morgan fingerprint density at radius 3 is 2.89 bits per heavy atom. The summed E-state index contributed by atoms with van der Waals surface area (Å²) in [5, 5.41) is 2.80. The van der Waals surface area contributed by atoms with Crippen molar-refractivity contribution in [2.45, 2.75) is 12.8 Å². The number of benzene rings is 1. The molecule has 1 aliphatic heterocycles. The van der Waals surface area contributed by atoms with Gasteiger partial charge in [0.1, 0.15) is 13.2 Å². The molecule has 0 saturated carbocycles. The standard InChI is InChI=1S/C14H19NO4/c1-17-7-6-15-14(16)5-3-11-2-4-12-13(10-11)19-9-8-18-12/h2,4,10H,3,5-9H2,1H3,(H,15,16). The number of methoxy groups -OCH3 is 1. The van der Waals surface area contributed by atoms with Gasteiger partial charge >= 0.3 is 0 Å². The monoisotopic (exact) mass is 265 g/mol. The number of ether oxygens (including phenoxy) is 3. The van der Waals surface area contributed by atoms with Crippen LogP contribution in [-0.2, 0) is 16.0 Å². The summed E-state index contributed by atoms with van der Waals surface area (Å²) in [6, 6.07) is 5.81. The van der Waals surface area contributed by atoms with Gasteiger partial charge in [-0.25, -0.2) is 0 Å². The largest absolute Gasteiger partial charge is 0.486 e. The van der Waals surface area contributed by atoms with E-state index in [1.165, 1.54) is 0 Å². The highest BCUT2D eigenvalue weighted by atomic mass is 16.6. The van der Waals surface area contributed by atoms with E-state index in [0.29, 0.717) is 39.2 Å². The topological polar surface area (TPSA) is 56.8 Å². The van der Waals surface area contributed by atoms with Crippen LogP contribution in [0.2, 0.25) is 0 Å². The second kappa shape index (κ2) is 6.99. The van der Waals surface area contributed by atoms with E-state index in [4.69, 9.17) is 14.2 Å². The average Bonchev–Trinajstić information content (AvgIpc) is 2.45. The molecule has 2 rings (SSSR count). The summed E-state index contributed by atoms with van der Waals surface area (Å²) in [7, 11) is 1.61. The van der Waals surface area contributed by atoms with Crippen molar-refractivity contribution in [3.8, 4) is 11.5 Å². The van der Waals surface area contributed by atoms with Gasteiger partial charge in [-0.3, -0.25) is 4.79 Å². The molecule has 5 nitrogen and oxygen atoms in total. The van der Waals surface area contributed by atoms with Crippen LogP contribution < -0.4 is 14.8 Å². The van der Waals surface area contributed by atoms with Crippen LogP contribution in [0.1, 0.15) is 12.0 Å². The van der Waals surface area contributed by atoms with Crippen LogP contribution in [0.15, 0.2) is 18.2 Å². The molecule has 1 heterocycles. The highest BCUT2D eigenvalue weighted by molar-refractivity contribution is 5.76. The zero-order valence-corrected chi connectivity index (χ0v) is 11.1. The molecule has 0 radical (unpaired) electrons. The molecule has 0 atom stereocenters. The summed E-state index contributed by atoms with van der Waals surface area (Å²) in [5.41, 5.74) is 1.08. The third kappa shape index (κ3) is 4.13. The lowest BCUT2D eigenvalue weighted by molar-refractivity contribution is -0.121. The summed E-state index contributed by atoms with van der Waals surface area (Å²) in [6.45, 7) is 2.26. The van der Waals surface area contributed by atoms with Crippen molar-refractivity contribution in [2.24, 2.45) is 0 Å². The first-order chi connectivity index (χ1) is 9.29. The molecule has 0 aromatic heterocycles. The van der Waals surface area contributed by atoms with Gasteiger partial charge in [-0.05, 0) is 24.1 Å². The Bertz CT molecular complexity index is 433. The minimum Gasteiger partial charge on any atom is -0.486 e. The normalized spacial score (nSPS) is 13.1. The van der Waals surface area contributed by atoms with Crippen molar-refractivity contribution < 1.29 is 19.0 Å². The third-order valence-corrected chi connectivity index (χ3v) is 2.88. The molecule has 0 unspecified atom stereocenters. The fourth-order valence-electron chi connectivity index (χ4n) is 1.88. The van der Waals surface area contributed by atoms with Crippen LogP contribution in [0.25, 0.3) is 0 Å². The minimum absolute atomic E-state index is 0.0342. The fourth-order valence-corrected chi connectivity index (χ4v) is 1.88. The van der Waals surface area contributed by atoms with Gasteiger partial charge in [-0.15, -0.1) is 0 Å². The average molecular weight is 265 g/mol.